The molecule has 6 nitrogen and oxygen atoms in total. The standard InChI is InChI=1S/C9H19N2O4P.CH4/c1-11-16(14-5-3-4-10)15-9-8-13-7-6-12-2;/h11H,3,5-9H2,1-2H3;1H4/i2TD;. The summed E-state index contributed by atoms with van der Waals surface area (Å²) in [5.41, 5.74) is 0. The van der Waals surface area contributed by atoms with E-state index in [-0.39, 0.29) is 14.0 Å². The van der Waals surface area contributed by atoms with Crippen molar-refractivity contribution in [2.24, 2.45) is 0 Å². The first-order valence-electron chi connectivity index (χ1n) is 6.00. The van der Waals surface area contributed by atoms with Crippen molar-refractivity contribution in [2.45, 2.75) is 13.8 Å². The van der Waals surface area contributed by atoms with E-state index in [4.69, 9.17) is 21.8 Å². The van der Waals surface area contributed by atoms with Crippen LogP contribution in [0.2, 0.25) is 0 Å². The van der Waals surface area contributed by atoms with Crippen molar-refractivity contribution in [1.82, 2.24) is 5.09 Å². The predicted molar refractivity (Wildman–Crippen MR) is 67.5 cm³/mol. The molecule has 2 atom stereocenters. The van der Waals surface area contributed by atoms with Crippen molar-refractivity contribution in [3.63, 3.8) is 0 Å². The summed E-state index contributed by atoms with van der Waals surface area (Å²) in [7, 11) is -0.728. The Bertz CT molecular complexity index is 232. The van der Waals surface area contributed by atoms with Crippen LogP contribution >= 0.6 is 8.53 Å². The number of nitrogens with one attached hydrogen (secondary N) is 1. The molecular formula is C10H23N2O4P. The van der Waals surface area contributed by atoms with Gasteiger partial charge in [0.2, 0.25) is 0 Å². The maximum Gasteiger partial charge on any atom is 0.255 e. The van der Waals surface area contributed by atoms with Gasteiger partial charge in [-0.25, -0.2) is 0 Å². The third kappa shape index (κ3) is 13.7. The van der Waals surface area contributed by atoms with Crippen LogP contribution in [0.15, 0.2) is 0 Å². The minimum Gasteiger partial charge on any atom is -0.382 e. The highest BCUT2D eigenvalue weighted by molar-refractivity contribution is 7.44. The lowest BCUT2D eigenvalue weighted by molar-refractivity contribution is 0.0533. The lowest BCUT2D eigenvalue weighted by atomic mass is 10.5. The van der Waals surface area contributed by atoms with E-state index in [1.165, 1.54) is 0 Å². The largest absolute Gasteiger partial charge is 0.382 e. The molecule has 0 aliphatic rings. The van der Waals surface area contributed by atoms with Crippen molar-refractivity contribution in [2.75, 3.05) is 47.1 Å². The van der Waals surface area contributed by atoms with Crippen molar-refractivity contribution < 1.29 is 21.3 Å². The molecule has 0 fully saturated rings. The minimum absolute atomic E-state index is 0. The summed E-state index contributed by atoms with van der Waals surface area (Å²) >= 11 is 0. The molecule has 1 N–H and O–H groups in total. The number of hydrogen-bond acceptors (Lipinski definition) is 6. The van der Waals surface area contributed by atoms with Crippen LogP contribution in [0.1, 0.15) is 16.6 Å². The number of nitrogens with zero attached hydrogens (tertiary/aromatic N) is 1. The van der Waals surface area contributed by atoms with Crippen molar-refractivity contribution in [1.29, 1.82) is 5.26 Å². The first-order chi connectivity index (χ1) is 8.70. The Balaban J connectivity index is 0. The van der Waals surface area contributed by atoms with E-state index < -0.39 is 15.6 Å². The maximum atomic E-state index is 8.34. The number of rotatable bonds is 11. The average Bonchev–Trinajstić information content (AvgIpc) is 2.35. The summed E-state index contributed by atoms with van der Waals surface area (Å²) in [6.07, 6.45) is 0.332. The van der Waals surface area contributed by atoms with Crippen LogP contribution in [0.4, 0.5) is 0 Å². The van der Waals surface area contributed by atoms with Crippen LogP contribution in [-0.4, -0.2) is 47.1 Å². The summed E-state index contributed by atoms with van der Waals surface area (Å²) in [5, 5.41) is 11.2. The van der Waals surface area contributed by atoms with Gasteiger partial charge in [0.15, 0.2) is 0 Å². The van der Waals surface area contributed by atoms with E-state index in [1.54, 1.807) is 7.05 Å². The Morgan fingerprint density at radius 2 is 2.06 bits per heavy atom. The molecule has 0 aromatic carbocycles. The molecule has 0 spiro atoms. The molecule has 2 unspecified atom stereocenters. The van der Waals surface area contributed by atoms with Gasteiger partial charge in [0.05, 0.1) is 48.3 Å². The molecule has 0 saturated carbocycles. The highest BCUT2D eigenvalue weighted by Gasteiger charge is 2.06. The normalized spacial score (nSPS) is 15.1. The molecule has 0 aromatic heterocycles. The molecule has 0 bridgehead atoms. The van der Waals surface area contributed by atoms with E-state index in [0.717, 1.165) is 0 Å². The Kier molecular flexibility index (Phi) is 13.7. The molecule has 7 heteroatoms. The van der Waals surface area contributed by atoms with Crippen LogP contribution in [0.25, 0.3) is 0 Å². The van der Waals surface area contributed by atoms with Crippen LogP contribution in [-0.2, 0) is 18.5 Å². The Hall–Kier alpha value is -0.280. The van der Waals surface area contributed by atoms with Crippen molar-refractivity contribution in [3.05, 3.63) is 0 Å². The van der Waals surface area contributed by atoms with Gasteiger partial charge in [-0.3, -0.25) is 5.09 Å². The van der Waals surface area contributed by atoms with Crippen molar-refractivity contribution in [3.8, 4) is 6.07 Å². The SMILES string of the molecule is C.[2H]C([3H])OCCOCCOP(NC)OCCC#N. The Labute approximate surface area is 108 Å². The minimum atomic E-state index is -1.27. The summed E-state index contributed by atoms with van der Waals surface area (Å²) in [5.74, 6) is 0. The fourth-order valence-corrected chi connectivity index (χ4v) is 1.56. The molecule has 0 aliphatic heterocycles. The Morgan fingerprint density at radius 1 is 1.35 bits per heavy atom. The monoisotopic (exact) mass is 269 g/mol. The molecule has 17 heavy (non-hydrogen) atoms. The lowest BCUT2D eigenvalue weighted by Crippen LogP contribution is -2.11. The maximum absolute atomic E-state index is 8.34. The summed E-state index contributed by atoms with van der Waals surface area (Å²) in [4.78, 5) is 0. The number of nitriles is 1. The third-order valence-electron chi connectivity index (χ3n) is 1.39. The van der Waals surface area contributed by atoms with E-state index in [1.807, 2.05) is 6.07 Å². The molecule has 0 saturated heterocycles. The molecule has 0 heterocycles. The van der Waals surface area contributed by atoms with Crippen molar-refractivity contribution >= 4 is 8.53 Å². The molecule has 102 valence electrons. The second-order valence-corrected chi connectivity index (χ2v) is 4.02. The summed E-state index contributed by atoms with van der Waals surface area (Å²) in [6, 6.07) is 1.98. The zero-order chi connectivity index (χ0) is 13.6. The van der Waals surface area contributed by atoms with Gasteiger partial charge in [-0.2, -0.15) is 5.26 Å². The van der Waals surface area contributed by atoms with Gasteiger partial charge in [-0.15, -0.1) is 0 Å². The van der Waals surface area contributed by atoms with E-state index in [2.05, 4.69) is 9.82 Å². The molecule has 0 rings (SSSR count). The molecule has 0 radical (unpaired) electrons. The fourth-order valence-electron chi connectivity index (χ4n) is 0.729. The molecule has 0 aliphatic carbocycles. The quantitative estimate of drug-likeness (QED) is 0.454. The van der Waals surface area contributed by atoms with Gasteiger partial charge in [0, 0.05) is 7.06 Å². The molecular weight excluding hydrogens is 243 g/mol. The van der Waals surface area contributed by atoms with Crippen LogP contribution in [0, 0.1) is 11.3 Å². The van der Waals surface area contributed by atoms with Gasteiger partial charge >= 0.3 is 0 Å². The first kappa shape index (κ1) is 14.8. The number of ether oxygens (including phenoxy) is 2. The third-order valence-corrected chi connectivity index (χ3v) is 2.59. The van der Waals surface area contributed by atoms with Gasteiger partial charge in [0.1, 0.15) is 0 Å². The Morgan fingerprint density at radius 3 is 2.71 bits per heavy atom. The molecule has 0 amide bonds. The predicted octanol–water partition coefficient (Wildman–Crippen LogP) is 1.68. The van der Waals surface area contributed by atoms with Gasteiger partial charge in [0.25, 0.3) is 8.53 Å². The smallest absolute Gasteiger partial charge is 0.255 e. The highest BCUT2D eigenvalue weighted by atomic mass is 31.2. The summed E-state index contributed by atoms with van der Waals surface area (Å²) < 4.78 is 34.0. The fraction of sp³-hybridized carbons (Fsp3) is 0.900. The highest BCUT2D eigenvalue weighted by Crippen LogP contribution is 2.32. The second kappa shape index (κ2) is 15.7. The molecule has 0 aromatic rings. The second-order valence-electron chi connectivity index (χ2n) is 2.54. The van der Waals surface area contributed by atoms with E-state index >= 15 is 0 Å². The number of methoxy groups -OCH3 is 1. The van der Waals surface area contributed by atoms with Crippen LogP contribution in [0.5, 0.6) is 0 Å². The average molecular weight is 269 g/mol. The zero-order valence-corrected chi connectivity index (χ0v) is 10.2. The van der Waals surface area contributed by atoms with Crippen LogP contribution < -0.4 is 5.09 Å². The topological polar surface area (TPSA) is 72.7 Å². The zero-order valence-electron chi connectivity index (χ0n) is 11.3. The van der Waals surface area contributed by atoms with E-state index in [9.17, 15) is 0 Å². The van der Waals surface area contributed by atoms with Gasteiger partial charge in [-0.05, 0) is 7.05 Å². The van der Waals surface area contributed by atoms with Crippen LogP contribution in [0.3, 0.4) is 0 Å². The van der Waals surface area contributed by atoms with Gasteiger partial charge in [-0.1, -0.05) is 7.43 Å². The van der Waals surface area contributed by atoms with E-state index in [0.29, 0.717) is 32.8 Å². The number of hydrogen-bond donors (Lipinski definition) is 1. The lowest BCUT2D eigenvalue weighted by Gasteiger charge is -2.14. The summed E-state index contributed by atoms with van der Waals surface area (Å²) in [6.45, 7) is 1.63. The first-order valence-corrected chi connectivity index (χ1v) is 6.02. The van der Waals surface area contributed by atoms with Gasteiger partial charge < -0.3 is 18.5 Å².